The lowest BCUT2D eigenvalue weighted by atomic mass is 10.1. The summed E-state index contributed by atoms with van der Waals surface area (Å²) < 4.78 is 0. The standard InChI is InChI=1S/C14H13N3OS/c15-14-17-16-13(19-14)11-7-6-10(12(11)18)8-9-4-2-1-3-5-9/h1-5,8,11H,6-7H2,(H2,15,17). The number of rotatable bonds is 2. The fourth-order valence-corrected chi connectivity index (χ4v) is 3.04. The van der Waals surface area contributed by atoms with Gasteiger partial charge in [-0.3, -0.25) is 4.79 Å². The summed E-state index contributed by atoms with van der Waals surface area (Å²) in [6.07, 6.45) is 3.55. The molecule has 0 aliphatic heterocycles. The van der Waals surface area contributed by atoms with Crippen LogP contribution in [-0.2, 0) is 4.79 Å². The van der Waals surface area contributed by atoms with Crippen LogP contribution in [0, 0.1) is 0 Å². The molecule has 2 N–H and O–H groups in total. The number of carbonyl (C=O) groups is 1. The maximum absolute atomic E-state index is 12.3. The zero-order valence-corrected chi connectivity index (χ0v) is 11.1. The molecule has 1 heterocycles. The second kappa shape index (κ2) is 4.93. The van der Waals surface area contributed by atoms with Crippen LogP contribution in [0.1, 0.15) is 29.3 Å². The average molecular weight is 271 g/mol. The van der Waals surface area contributed by atoms with E-state index >= 15 is 0 Å². The van der Waals surface area contributed by atoms with Gasteiger partial charge in [-0.2, -0.15) is 0 Å². The molecule has 1 aliphatic rings. The molecule has 0 amide bonds. The van der Waals surface area contributed by atoms with E-state index in [-0.39, 0.29) is 11.7 Å². The van der Waals surface area contributed by atoms with Crippen molar-refractivity contribution in [1.82, 2.24) is 10.2 Å². The summed E-state index contributed by atoms with van der Waals surface area (Å²) in [6.45, 7) is 0. The van der Waals surface area contributed by atoms with Crippen molar-refractivity contribution in [3.63, 3.8) is 0 Å². The number of allylic oxidation sites excluding steroid dienone is 1. The van der Waals surface area contributed by atoms with Crippen molar-refractivity contribution in [2.75, 3.05) is 5.73 Å². The Morgan fingerprint density at radius 2 is 2.05 bits per heavy atom. The quantitative estimate of drug-likeness (QED) is 0.852. The third kappa shape index (κ3) is 2.42. The SMILES string of the molecule is Nc1nnc(C2CCC(=Cc3ccccc3)C2=O)s1. The molecule has 0 saturated heterocycles. The Kier molecular flexibility index (Phi) is 3.13. The summed E-state index contributed by atoms with van der Waals surface area (Å²) in [5.41, 5.74) is 7.49. The largest absolute Gasteiger partial charge is 0.374 e. The topological polar surface area (TPSA) is 68.9 Å². The fourth-order valence-electron chi connectivity index (χ4n) is 2.29. The Labute approximate surface area is 115 Å². The van der Waals surface area contributed by atoms with E-state index < -0.39 is 0 Å². The number of aromatic nitrogens is 2. The van der Waals surface area contributed by atoms with Gasteiger partial charge in [-0.25, -0.2) is 0 Å². The molecule has 0 bridgehead atoms. The highest BCUT2D eigenvalue weighted by molar-refractivity contribution is 7.15. The summed E-state index contributed by atoms with van der Waals surface area (Å²) in [7, 11) is 0. The Hall–Kier alpha value is -2.01. The molecule has 96 valence electrons. The van der Waals surface area contributed by atoms with Gasteiger partial charge in [0.05, 0.1) is 5.92 Å². The van der Waals surface area contributed by atoms with Crippen LogP contribution >= 0.6 is 11.3 Å². The zero-order valence-electron chi connectivity index (χ0n) is 10.2. The van der Waals surface area contributed by atoms with E-state index in [1.807, 2.05) is 36.4 Å². The van der Waals surface area contributed by atoms with Crippen molar-refractivity contribution in [2.45, 2.75) is 18.8 Å². The number of Topliss-reactive ketones (excluding diaryl/α,β-unsaturated/α-hetero) is 1. The van der Waals surface area contributed by atoms with E-state index in [9.17, 15) is 4.79 Å². The molecule has 0 spiro atoms. The molecule has 1 aliphatic carbocycles. The van der Waals surface area contributed by atoms with Crippen LogP contribution in [0.2, 0.25) is 0 Å². The number of benzene rings is 1. The predicted octanol–water partition coefficient (Wildman–Crippen LogP) is 2.65. The number of ketones is 1. The lowest BCUT2D eigenvalue weighted by molar-refractivity contribution is -0.115. The second-order valence-electron chi connectivity index (χ2n) is 4.51. The Bertz CT molecular complexity index is 633. The predicted molar refractivity (Wildman–Crippen MR) is 75.7 cm³/mol. The summed E-state index contributed by atoms with van der Waals surface area (Å²) in [5.74, 6) is -0.00948. The van der Waals surface area contributed by atoms with Crippen molar-refractivity contribution in [1.29, 1.82) is 0 Å². The van der Waals surface area contributed by atoms with Crippen molar-refractivity contribution < 1.29 is 4.79 Å². The first-order valence-corrected chi connectivity index (χ1v) is 6.94. The Morgan fingerprint density at radius 1 is 1.26 bits per heavy atom. The summed E-state index contributed by atoms with van der Waals surface area (Å²) in [4.78, 5) is 12.3. The molecular weight excluding hydrogens is 258 g/mol. The number of anilines is 1. The lowest BCUT2D eigenvalue weighted by Gasteiger charge is -2.01. The van der Waals surface area contributed by atoms with Gasteiger partial charge >= 0.3 is 0 Å². The van der Waals surface area contributed by atoms with Gasteiger partial charge in [-0.15, -0.1) is 10.2 Å². The highest BCUT2D eigenvalue weighted by atomic mass is 32.1. The molecule has 1 unspecified atom stereocenters. The minimum absolute atomic E-state index is 0.153. The highest BCUT2D eigenvalue weighted by Crippen LogP contribution is 2.37. The van der Waals surface area contributed by atoms with Gasteiger partial charge in [0.2, 0.25) is 5.13 Å². The van der Waals surface area contributed by atoms with E-state index in [0.29, 0.717) is 5.13 Å². The summed E-state index contributed by atoms with van der Waals surface area (Å²) in [5, 5.41) is 8.92. The average Bonchev–Trinajstić information content (AvgIpc) is 2.99. The first-order chi connectivity index (χ1) is 9.24. The second-order valence-corrected chi connectivity index (χ2v) is 5.55. The maximum atomic E-state index is 12.3. The van der Waals surface area contributed by atoms with Crippen LogP contribution in [0.5, 0.6) is 0 Å². The number of hydrogen-bond donors (Lipinski definition) is 1. The molecule has 1 atom stereocenters. The fraction of sp³-hybridized carbons (Fsp3) is 0.214. The molecular formula is C14H13N3OS. The molecule has 1 fully saturated rings. The van der Waals surface area contributed by atoms with Gasteiger partial charge < -0.3 is 5.73 Å². The number of nitrogens with two attached hydrogens (primary N) is 1. The molecule has 4 nitrogen and oxygen atoms in total. The van der Waals surface area contributed by atoms with E-state index in [1.165, 1.54) is 11.3 Å². The van der Waals surface area contributed by atoms with E-state index in [4.69, 9.17) is 5.73 Å². The number of nitrogens with zero attached hydrogens (tertiary/aromatic N) is 2. The maximum Gasteiger partial charge on any atom is 0.203 e. The summed E-state index contributed by atoms with van der Waals surface area (Å²) in [6, 6.07) is 9.89. The van der Waals surface area contributed by atoms with E-state index in [0.717, 1.165) is 29.0 Å². The molecule has 0 radical (unpaired) electrons. The van der Waals surface area contributed by atoms with Crippen molar-refractivity contribution in [3.8, 4) is 0 Å². The van der Waals surface area contributed by atoms with Crippen LogP contribution < -0.4 is 5.73 Å². The van der Waals surface area contributed by atoms with Gasteiger partial charge in [-0.05, 0) is 30.1 Å². The minimum atomic E-state index is -0.162. The van der Waals surface area contributed by atoms with Crippen LogP contribution in [0.15, 0.2) is 35.9 Å². The highest BCUT2D eigenvalue weighted by Gasteiger charge is 2.32. The van der Waals surface area contributed by atoms with Gasteiger partial charge in [0.15, 0.2) is 5.78 Å². The van der Waals surface area contributed by atoms with E-state index in [2.05, 4.69) is 10.2 Å². The van der Waals surface area contributed by atoms with Gasteiger partial charge in [0.1, 0.15) is 5.01 Å². The molecule has 1 aromatic heterocycles. The molecule has 19 heavy (non-hydrogen) atoms. The van der Waals surface area contributed by atoms with Crippen LogP contribution in [0.4, 0.5) is 5.13 Å². The first kappa shape index (κ1) is 12.0. The van der Waals surface area contributed by atoms with Crippen molar-refractivity contribution in [3.05, 3.63) is 46.5 Å². The number of hydrogen-bond acceptors (Lipinski definition) is 5. The van der Waals surface area contributed by atoms with Gasteiger partial charge in [-0.1, -0.05) is 41.7 Å². The van der Waals surface area contributed by atoms with Crippen molar-refractivity contribution >= 4 is 28.3 Å². The van der Waals surface area contributed by atoms with Crippen molar-refractivity contribution in [2.24, 2.45) is 0 Å². The summed E-state index contributed by atoms with van der Waals surface area (Å²) >= 11 is 1.30. The molecule has 2 aromatic rings. The number of carbonyl (C=O) groups excluding carboxylic acids is 1. The molecule has 3 rings (SSSR count). The van der Waals surface area contributed by atoms with Crippen LogP contribution in [0.25, 0.3) is 6.08 Å². The lowest BCUT2D eigenvalue weighted by Crippen LogP contribution is -2.05. The van der Waals surface area contributed by atoms with E-state index in [1.54, 1.807) is 0 Å². The minimum Gasteiger partial charge on any atom is -0.374 e. The Balaban J connectivity index is 1.85. The Morgan fingerprint density at radius 3 is 2.74 bits per heavy atom. The van der Waals surface area contributed by atoms with Crippen LogP contribution in [-0.4, -0.2) is 16.0 Å². The van der Waals surface area contributed by atoms with Crippen LogP contribution in [0.3, 0.4) is 0 Å². The number of nitrogen functional groups attached to an aromatic ring is 1. The third-order valence-electron chi connectivity index (χ3n) is 3.23. The smallest absolute Gasteiger partial charge is 0.203 e. The normalized spacial score (nSPS) is 21.2. The zero-order chi connectivity index (χ0) is 13.2. The van der Waals surface area contributed by atoms with Gasteiger partial charge in [0.25, 0.3) is 0 Å². The van der Waals surface area contributed by atoms with Gasteiger partial charge in [0, 0.05) is 0 Å². The molecule has 1 saturated carbocycles. The first-order valence-electron chi connectivity index (χ1n) is 6.13. The molecule has 1 aromatic carbocycles. The monoisotopic (exact) mass is 271 g/mol. The molecule has 5 heteroatoms. The third-order valence-corrected chi connectivity index (χ3v) is 4.10.